The Kier molecular flexibility index (Phi) is 7.39. The van der Waals surface area contributed by atoms with Crippen LogP contribution in [0, 0.1) is 0 Å². The van der Waals surface area contributed by atoms with Crippen LogP contribution in [-0.2, 0) is 9.53 Å². The lowest BCUT2D eigenvalue weighted by Gasteiger charge is -2.34. The Labute approximate surface area is 165 Å². The molecule has 1 atom stereocenters. The molecule has 0 spiro atoms. The lowest BCUT2D eigenvalue weighted by molar-refractivity contribution is -0.137. The largest absolute Gasteiger partial charge is 0.508 e. The molecule has 2 N–H and O–H groups in total. The molecule has 1 aromatic carbocycles. The predicted molar refractivity (Wildman–Crippen MR) is 106 cm³/mol. The Morgan fingerprint density at radius 1 is 1.14 bits per heavy atom. The van der Waals surface area contributed by atoms with Crippen LogP contribution in [0.3, 0.4) is 0 Å². The molecule has 1 aliphatic heterocycles. The fraction of sp³-hybridized carbons (Fsp3) is 0.455. The smallest absolute Gasteiger partial charge is 0.303 e. The van der Waals surface area contributed by atoms with E-state index in [0.717, 1.165) is 56.6 Å². The molecule has 6 nitrogen and oxygen atoms in total. The van der Waals surface area contributed by atoms with Crippen molar-refractivity contribution in [3.8, 4) is 5.75 Å². The van der Waals surface area contributed by atoms with Gasteiger partial charge in [-0.2, -0.15) is 0 Å². The number of phenols is 1. The number of phenolic OH excluding ortho intramolecular Hbond substituents is 1. The van der Waals surface area contributed by atoms with Crippen LogP contribution in [0.15, 0.2) is 48.7 Å². The monoisotopic (exact) mass is 384 g/mol. The normalized spacial score (nSPS) is 16.7. The summed E-state index contributed by atoms with van der Waals surface area (Å²) in [4.78, 5) is 17.5. The first kappa shape index (κ1) is 20.3. The number of aromatic hydroxyl groups is 1. The average Bonchev–Trinajstić information content (AvgIpc) is 2.72. The fourth-order valence-corrected chi connectivity index (χ4v) is 3.57. The van der Waals surface area contributed by atoms with E-state index in [0.29, 0.717) is 0 Å². The third-order valence-electron chi connectivity index (χ3n) is 5.13. The molecule has 0 bridgehead atoms. The lowest BCUT2D eigenvalue weighted by atomic mass is 10.0. The molecular formula is C22H28N2O4. The summed E-state index contributed by atoms with van der Waals surface area (Å²) in [7, 11) is 0. The number of pyridine rings is 1. The van der Waals surface area contributed by atoms with Gasteiger partial charge in [-0.1, -0.05) is 18.2 Å². The van der Waals surface area contributed by atoms with Crippen molar-refractivity contribution in [1.29, 1.82) is 0 Å². The molecule has 1 unspecified atom stereocenters. The highest BCUT2D eigenvalue weighted by Crippen LogP contribution is 2.30. The van der Waals surface area contributed by atoms with Gasteiger partial charge < -0.3 is 19.8 Å². The number of carboxylic acid groups (broad SMARTS) is 1. The van der Waals surface area contributed by atoms with Gasteiger partial charge in [-0.25, -0.2) is 0 Å². The number of aromatic nitrogens is 1. The summed E-state index contributed by atoms with van der Waals surface area (Å²) < 4.78 is 6.46. The van der Waals surface area contributed by atoms with E-state index in [1.54, 1.807) is 18.3 Å². The van der Waals surface area contributed by atoms with Crippen molar-refractivity contribution in [1.82, 2.24) is 9.88 Å². The van der Waals surface area contributed by atoms with Crippen LogP contribution in [0.25, 0.3) is 0 Å². The SMILES string of the molecule is O=C(O)CCCCN1CCC(OC(c2ccc(O)cc2)c2ccccn2)CC1. The van der Waals surface area contributed by atoms with Crippen LogP contribution in [0.1, 0.15) is 49.5 Å². The quantitative estimate of drug-likeness (QED) is 0.643. The van der Waals surface area contributed by atoms with E-state index >= 15 is 0 Å². The zero-order valence-corrected chi connectivity index (χ0v) is 16.0. The second-order valence-corrected chi connectivity index (χ2v) is 7.25. The first-order valence-corrected chi connectivity index (χ1v) is 9.91. The summed E-state index contributed by atoms with van der Waals surface area (Å²) >= 11 is 0. The van der Waals surface area contributed by atoms with Gasteiger partial charge in [0.2, 0.25) is 0 Å². The number of unbranched alkanes of at least 4 members (excludes halogenated alkanes) is 1. The van der Waals surface area contributed by atoms with Gasteiger partial charge in [-0.05, 0) is 62.1 Å². The molecule has 3 rings (SSSR count). The first-order valence-electron chi connectivity index (χ1n) is 9.91. The number of benzene rings is 1. The van der Waals surface area contributed by atoms with Crippen LogP contribution in [0.4, 0.5) is 0 Å². The molecule has 0 amide bonds. The molecule has 1 aliphatic rings. The second-order valence-electron chi connectivity index (χ2n) is 7.25. The summed E-state index contributed by atoms with van der Waals surface area (Å²) in [6, 6.07) is 12.9. The first-order chi connectivity index (χ1) is 13.6. The van der Waals surface area contributed by atoms with Crippen molar-refractivity contribution in [3.63, 3.8) is 0 Å². The Morgan fingerprint density at radius 2 is 1.89 bits per heavy atom. The molecule has 1 fully saturated rings. The van der Waals surface area contributed by atoms with Crippen molar-refractivity contribution in [2.75, 3.05) is 19.6 Å². The maximum Gasteiger partial charge on any atom is 0.303 e. The van der Waals surface area contributed by atoms with Gasteiger partial charge in [0.05, 0.1) is 11.8 Å². The van der Waals surface area contributed by atoms with Crippen LogP contribution >= 0.6 is 0 Å². The van der Waals surface area contributed by atoms with E-state index in [1.165, 1.54) is 0 Å². The van der Waals surface area contributed by atoms with Crippen molar-refractivity contribution in [2.24, 2.45) is 0 Å². The number of aliphatic carboxylic acids is 1. The summed E-state index contributed by atoms with van der Waals surface area (Å²) in [5, 5.41) is 18.3. The standard InChI is InChI=1S/C22H28N2O4/c25-18-9-7-17(8-10-18)22(20-5-1-3-13-23-20)28-19-11-15-24(16-12-19)14-4-2-6-21(26)27/h1,3,5,7-10,13,19,22,25H,2,4,6,11-12,14-16H2,(H,26,27). The van der Waals surface area contributed by atoms with Gasteiger partial charge in [0.25, 0.3) is 0 Å². The zero-order chi connectivity index (χ0) is 19.8. The minimum Gasteiger partial charge on any atom is -0.508 e. The molecule has 150 valence electrons. The lowest BCUT2D eigenvalue weighted by Crippen LogP contribution is -2.38. The Balaban J connectivity index is 1.55. The third kappa shape index (κ3) is 6.04. The highest BCUT2D eigenvalue weighted by atomic mass is 16.5. The zero-order valence-electron chi connectivity index (χ0n) is 16.0. The van der Waals surface area contributed by atoms with Crippen LogP contribution in [-0.4, -0.2) is 51.8 Å². The summed E-state index contributed by atoms with van der Waals surface area (Å²) in [5.41, 5.74) is 1.84. The van der Waals surface area contributed by atoms with Crippen LogP contribution < -0.4 is 0 Å². The van der Waals surface area contributed by atoms with Gasteiger partial charge in [-0.15, -0.1) is 0 Å². The summed E-state index contributed by atoms with van der Waals surface area (Å²) in [6.07, 6.45) is 5.45. The molecular weight excluding hydrogens is 356 g/mol. The molecule has 2 heterocycles. The number of ether oxygens (including phenoxy) is 1. The van der Waals surface area contributed by atoms with Crippen molar-refractivity contribution >= 4 is 5.97 Å². The van der Waals surface area contributed by atoms with Crippen LogP contribution in [0.5, 0.6) is 5.75 Å². The number of hydrogen-bond donors (Lipinski definition) is 2. The van der Waals surface area contributed by atoms with E-state index in [4.69, 9.17) is 9.84 Å². The Bertz CT molecular complexity index is 728. The topological polar surface area (TPSA) is 82.9 Å². The van der Waals surface area contributed by atoms with E-state index in [9.17, 15) is 9.90 Å². The minimum absolute atomic E-state index is 0.149. The molecule has 0 aliphatic carbocycles. The number of rotatable bonds is 9. The van der Waals surface area contributed by atoms with Gasteiger partial charge in [0.1, 0.15) is 11.9 Å². The van der Waals surface area contributed by atoms with Crippen molar-refractivity contribution in [3.05, 3.63) is 59.9 Å². The molecule has 6 heteroatoms. The molecule has 1 saturated heterocycles. The van der Waals surface area contributed by atoms with Crippen LogP contribution in [0.2, 0.25) is 0 Å². The van der Waals surface area contributed by atoms with Crippen molar-refractivity contribution < 1.29 is 19.7 Å². The number of nitrogens with zero attached hydrogens (tertiary/aromatic N) is 2. The van der Waals surface area contributed by atoms with E-state index in [2.05, 4.69) is 9.88 Å². The Morgan fingerprint density at radius 3 is 2.54 bits per heavy atom. The number of carboxylic acids is 1. The highest BCUT2D eigenvalue weighted by molar-refractivity contribution is 5.66. The minimum atomic E-state index is -0.720. The maximum absolute atomic E-state index is 10.6. The Hall–Kier alpha value is -2.44. The van der Waals surface area contributed by atoms with Gasteiger partial charge in [0, 0.05) is 25.7 Å². The number of hydrogen-bond acceptors (Lipinski definition) is 5. The van der Waals surface area contributed by atoms with E-state index in [1.807, 2.05) is 30.3 Å². The van der Waals surface area contributed by atoms with Gasteiger partial charge in [0.15, 0.2) is 0 Å². The number of piperidine rings is 1. The second kappa shape index (κ2) is 10.2. The maximum atomic E-state index is 10.6. The summed E-state index contributed by atoms with van der Waals surface area (Å²) in [6.45, 7) is 2.87. The van der Waals surface area contributed by atoms with Gasteiger partial charge >= 0.3 is 5.97 Å². The van der Waals surface area contributed by atoms with E-state index < -0.39 is 5.97 Å². The number of likely N-dealkylation sites (tertiary alicyclic amines) is 1. The van der Waals surface area contributed by atoms with Gasteiger partial charge in [-0.3, -0.25) is 9.78 Å². The molecule has 2 aromatic rings. The molecule has 28 heavy (non-hydrogen) atoms. The third-order valence-corrected chi connectivity index (χ3v) is 5.13. The van der Waals surface area contributed by atoms with E-state index in [-0.39, 0.29) is 24.4 Å². The summed E-state index contributed by atoms with van der Waals surface area (Å²) in [5.74, 6) is -0.485. The fourth-order valence-electron chi connectivity index (χ4n) is 3.57. The molecule has 0 saturated carbocycles. The number of carbonyl (C=O) groups is 1. The average molecular weight is 384 g/mol. The van der Waals surface area contributed by atoms with Crippen molar-refractivity contribution in [2.45, 2.75) is 44.3 Å². The molecule has 1 aromatic heterocycles. The highest BCUT2D eigenvalue weighted by Gasteiger charge is 2.25. The molecule has 0 radical (unpaired) electrons. The predicted octanol–water partition coefficient (Wildman–Crippen LogP) is 3.61.